The monoisotopic (exact) mass is 546 g/mol. The molecule has 39 heavy (non-hydrogen) atoms. The van der Waals surface area contributed by atoms with Crippen LogP contribution < -0.4 is 5.73 Å². The van der Waals surface area contributed by atoms with E-state index in [0.29, 0.717) is 41.5 Å². The van der Waals surface area contributed by atoms with Crippen molar-refractivity contribution >= 4 is 23.0 Å². The van der Waals surface area contributed by atoms with Crippen LogP contribution >= 0.6 is 11.3 Å². The number of aliphatic hydroxyl groups excluding tert-OH is 1. The number of aromatic hydroxyl groups is 1. The molecule has 1 atom stereocenters. The average Bonchev–Trinajstić information content (AvgIpc) is 3.62. The van der Waals surface area contributed by atoms with E-state index in [2.05, 4.69) is 10.1 Å². The number of amides is 1. The Morgan fingerprint density at radius 3 is 2.79 bits per heavy atom. The van der Waals surface area contributed by atoms with E-state index in [1.54, 1.807) is 18.3 Å². The topological polar surface area (TPSA) is 121 Å². The SMILES string of the molecule is NCCOCc1ccccc1-c1ccc(C(=O)N2N=C(c3cncc(CO)c3)CC2c2c(O)cccc2F)s1. The smallest absolute Gasteiger partial charge is 0.284 e. The van der Waals surface area contributed by atoms with Gasteiger partial charge < -0.3 is 20.7 Å². The number of phenols is 1. The van der Waals surface area contributed by atoms with Crippen LogP contribution in [0.4, 0.5) is 4.39 Å². The molecule has 200 valence electrons. The fourth-order valence-electron chi connectivity index (χ4n) is 4.55. The van der Waals surface area contributed by atoms with Crippen molar-refractivity contribution in [3.05, 3.63) is 106 Å². The Labute approximate surface area is 228 Å². The van der Waals surface area contributed by atoms with Gasteiger partial charge in [0.1, 0.15) is 11.6 Å². The summed E-state index contributed by atoms with van der Waals surface area (Å²) in [4.78, 5) is 19.3. The number of carbonyl (C=O) groups excluding carboxylic acids is 1. The van der Waals surface area contributed by atoms with Crippen molar-refractivity contribution < 1.29 is 24.1 Å². The number of aromatic nitrogens is 1. The quantitative estimate of drug-likeness (QED) is 0.264. The second-order valence-electron chi connectivity index (χ2n) is 8.99. The number of rotatable bonds is 9. The summed E-state index contributed by atoms with van der Waals surface area (Å²) >= 11 is 1.30. The Bertz CT molecular complexity index is 1500. The van der Waals surface area contributed by atoms with Crippen molar-refractivity contribution in [3.63, 3.8) is 0 Å². The van der Waals surface area contributed by atoms with Gasteiger partial charge in [0.05, 0.1) is 42.0 Å². The first-order valence-electron chi connectivity index (χ1n) is 12.4. The van der Waals surface area contributed by atoms with Gasteiger partial charge in [0.2, 0.25) is 0 Å². The van der Waals surface area contributed by atoms with Crippen LogP contribution in [0.1, 0.15) is 44.4 Å². The first-order chi connectivity index (χ1) is 19.0. The summed E-state index contributed by atoms with van der Waals surface area (Å²) in [5.74, 6) is -1.30. The highest BCUT2D eigenvalue weighted by Gasteiger charge is 2.37. The fraction of sp³-hybridized carbons (Fsp3) is 0.207. The molecule has 0 radical (unpaired) electrons. The Kier molecular flexibility index (Phi) is 8.08. The number of carbonyl (C=O) groups is 1. The number of aliphatic hydroxyl groups is 1. The van der Waals surface area contributed by atoms with Crippen molar-refractivity contribution in [1.29, 1.82) is 0 Å². The van der Waals surface area contributed by atoms with Crippen molar-refractivity contribution in [2.24, 2.45) is 10.8 Å². The average molecular weight is 547 g/mol. The van der Waals surface area contributed by atoms with Crippen LogP contribution in [0, 0.1) is 5.82 Å². The molecule has 0 fully saturated rings. The van der Waals surface area contributed by atoms with Crippen molar-refractivity contribution in [2.45, 2.75) is 25.7 Å². The summed E-state index contributed by atoms with van der Waals surface area (Å²) in [7, 11) is 0. The number of hydrogen-bond donors (Lipinski definition) is 3. The summed E-state index contributed by atoms with van der Waals surface area (Å²) < 4.78 is 20.6. The summed E-state index contributed by atoms with van der Waals surface area (Å²) in [6.45, 7) is 1.06. The zero-order valence-electron chi connectivity index (χ0n) is 21.0. The van der Waals surface area contributed by atoms with Gasteiger partial charge in [-0.15, -0.1) is 11.3 Å². The number of benzene rings is 2. The summed E-state index contributed by atoms with van der Waals surface area (Å²) in [5, 5.41) is 25.9. The molecule has 2 aromatic heterocycles. The third kappa shape index (κ3) is 5.59. The third-order valence-electron chi connectivity index (χ3n) is 6.41. The van der Waals surface area contributed by atoms with Gasteiger partial charge >= 0.3 is 0 Å². The van der Waals surface area contributed by atoms with Crippen LogP contribution in [0.2, 0.25) is 0 Å². The van der Waals surface area contributed by atoms with Crippen molar-refractivity contribution in [3.8, 4) is 16.2 Å². The molecule has 0 spiro atoms. The molecule has 8 nitrogen and oxygen atoms in total. The largest absolute Gasteiger partial charge is 0.507 e. The van der Waals surface area contributed by atoms with Crippen LogP contribution in [0.3, 0.4) is 0 Å². The molecule has 5 rings (SSSR count). The van der Waals surface area contributed by atoms with Crippen LogP contribution in [0.25, 0.3) is 10.4 Å². The number of thiophene rings is 1. The minimum atomic E-state index is -0.867. The Morgan fingerprint density at radius 1 is 1.15 bits per heavy atom. The number of nitrogens with two attached hydrogens (primary N) is 1. The van der Waals surface area contributed by atoms with E-state index in [9.17, 15) is 19.4 Å². The van der Waals surface area contributed by atoms with E-state index in [4.69, 9.17) is 10.5 Å². The van der Waals surface area contributed by atoms with E-state index in [1.165, 1.54) is 40.7 Å². The Hall–Kier alpha value is -3.96. The van der Waals surface area contributed by atoms with E-state index in [1.807, 2.05) is 30.3 Å². The van der Waals surface area contributed by atoms with Gasteiger partial charge in [0.25, 0.3) is 5.91 Å². The lowest BCUT2D eigenvalue weighted by Gasteiger charge is -2.22. The highest BCUT2D eigenvalue weighted by Crippen LogP contribution is 2.40. The lowest BCUT2D eigenvalue weighted by atomic mass is 9.97. The Morgan fingerprint density at radius 2 is 2.00 bits per heavy atom. The molecule has 3 heterocycles. The van der Waals surface area contributed by atoms with Gasteiger partial charge in [0.15, 0.2) is 0 Å². The normalized spacial score (nSPS) is 15.0. The second kappa shape index (κ2) is 11.8. The van der Waals surface area contributed by atoms with Gasteiger partial charge in [-0.05, 0) is 47.0 Å². The number of halogens is 1. The molecule has 10 heteroatoms. The number of ether oxygens (including phenoxy) is 1. The van der Waals surface area contributed by atoms with E-state index >= 15 is 0 Å². The molecule has 1 unspecified atom stereocenters. The highest BCUT2D eigenvalue weighted by molar-refractivity contribution is 7.17. The maximum Gasteiger partial charge on any atom is 0.284 e. The lowest BCUT2D eigenvalue weighted by Crippen LogP contribution is -2.27. The zero-order valence-corrected chi connectivity index (χ0v) is 21.8. The van der Waals surface area contributed by atoms with Gasteiger partial charge in [-0.25, -0.2) is 9.40 Å². The number of pyridine rings is 1. The van der Waals surface area contributed by atoms with Crippen LogP contribution in [0.15, 0.2) is 78.2 Å². The molecule has 2 aromatic carbocycles. The van der Waals surface area contributed by atoms with Gasteiger partial charge in [-0.3, -0.25) is 9.78 Å². The minimum absolute atomic E-state index is 0.00458. The maximum atomic E-state index is 15.0. The molecular weight excluding hydrogens is 519 g/mol. The molecule has 1 aliphatic heterocycles. The van der Waals surface area contributed by atoms with E-state index < -0.39 is 17.8 Å². The predicted molar refractivity (Wildman–Crippen MR) is 147 cm³/mol. The van der Waals surface area contributed by atoms with Crippen molar-refractivity contribution in [1.82, 2.24) is 9.99 Å². The summed E-state index contributed by atoms with van der Waals surface area (Å²) in [6, 6.07) is 16.3. The van der Waals surface area contributed by atoms with Gasteiger partial charge in [-0.2, -0.15) is 5.10 Å². The van der Waals surface area contributed by atoms with Crippen LogP contribution in [-0.2, 0) is 18.0 Å². The predicted octanol–water partition coefficient (Wildman–Crippen LogP) is 4.61. The van der Waals surface area contributed by atoms with E-state index in [0.717, 1.165) is 16.0 Å². The third-order valence-corrected chi connectivity index (χ3v) is 7.52. The number of nitrogens with zero attached hydrogens (tertiary/aromatic N) is 3. The molecule has 0 saturated heterocycles. The molecule has 0 saturated carbocycles. The fourth-order valence-corrected chi connectivity index (χ4v) is 5.55. The number of hydrogen-bond acceptors (Lipinski definition) is 8. The highest BCUT2D eigenvalue weighted by atomic mass is 32.1. The first kappa shape index (κ1) is 26.6. The zero-order chi connectivity index (χ0) is 27.4. The molecule has 1 aliphatic rings. The number of hydrazone groups is 1. The second-order valence-corrected chi connectivity index (χ2v) is 10.1. The van der Waals surface area contributed by atoms with Gasteiger partial charge in [-0.1, -0.05) is 30.3 Å². The molecule has 4 aromatic rings. The lowest BCUT2D eigenvalue weighted by molar-refractivity contribution is 0.0712. The van der Waals surface area contributed by atoms with Crippen LogP contribution in [-0.4, -0.2) is 45.0 Å². The molecule has 0 bridgehead atoms. The Balaban J connectivity index is 1.50. The minimum Gasteiger partial charge on any atom is -0.507 e. The summed E-state index contributed by atoms with van der Waals surface area (Å²) in [6.07, 6.45) is 3.28. The van der Waals surface area contributed by atoms with Gasteiger partial charge in [0, 0.05) is 35.8 Å². The standard InChI is InChI=1S/C29H27FN4O4S/c30-22-6-3-7-25(36)28(22)24-13-23(20-12-18(16-35)14-32-15-20)33-34(24)29(37)27-9-8-26(39-27)21-5-2-1-4-19(21)17-38-11-10-31/h1-9,12,14-15,24,35-36H,10-11,13,16-17,31H2. The molecular formula is C29H27FN4O4S. The van der Waals surface area contributed by atoms with Crippen LogP contribution in [0.5, 0.6) is 5.75 Å². The first-order valence-corrected chi connectivity index (χ1v) is 13.2. The summed E-state index contributed by atoms with van der Waals surface area (Å²) in [5.41, 5.74) is 9.14. The van der Waals surface area contributed by atoms with E-state index in [-0.39, 0.29) is 24.3 Å². The molecule has 0 aliphatic carbocycles. The molecule has 4 N–H and O–H groups in total. The molecule has 1 amide bonds. The maximum absolute atomic E-state index is 15.0. The van der Waals surface area contributed by atoms with Crippen molar-refractivity contribution in [2.75, 3.05) is 13.2 Å². The number of phenolic OH excluding ortho intramolecular Hbond substituents is 1.